The summed E-state index contributed by atoms with van der Waals surface area (Å²) in [6, 6.07) is 11.0. The smallest absolute Gasteiger partial charge is 0.246 e. The van der Waals surface area contributed by atoms with Gasteiger partial charge in [-0.25, -0.2) is 13.4 Å². The summed E-state index contributed by atoms with van der Waals surface area (Å²) in [6.07, 6.45) is 3.93. The molecule has 2 aliphatic rings. The van der Waals surface area contributed by atoms with Crippen LogP contribution in [0.15, 0.2) is 59.1 Å². The number of nitrogens with zero attached hydrogens (tertiary/aromatic N) is 4. The summed E-state index contributed by atoms with van der Waals surface area (Å²) in [5, 5.41) is 2.58. The zero-order valence-corrected chi connectivity index (χ0v) is 19.3. The number of pyridine rings is 1. The van der Waals surface area contributed by atoms with E-state index in [2.05, 4.69) is 27.1 Å². The molecule has 1 fully saturated rings. The van der Waals surface area contributed by atoms with Crippen LogP contribution in [0, 0.1) is 0 Å². The number of benzene rings is 1. The third-order valence-corrected chi connectivity index (χ3v) is 7.97. The van der Waals surface area contributed by atoms with Gasteiger partial charge in [-0.15, -0.1) is 0 Å². The van der Waals surface area contributed by atoms with Crippen molar-refractivity contribution >= 4 is 21.7 Å². The van der Waals surface area contributed by atoms with Crippen LogP contribution >= 0.6 is 0 Å². The minimum Gasteiger partial charge on any atom is -0.355 e. The summed E-state index contributed by atoms with van der Waals surface area (Å²) in [6.45, 7) is 4.47. The van der Waals surface area contributed by atoms with Gasteiger partial charge in [-0.1, -0.05) is 18.2 Å². The summed E-state index contributed by atoms with van der Waals surface area (Å²) in [4.78, 5) is 21.2. The highest BCUT2D eigenvalue weighted by Gasteiger charge is 2.27. The van der Waals surface area contributed by atoms with Crippen LogP contribution in [0.2, 0.25) is 0 Å². The molecule has 0 radical (unpaired) electrons. The van der Waals surface area contributed by atoms with Crippen molar-refractivity contribution in [2.24, 2.45) is 0 Å². The molecule has 3 heterocycles. The number of amides is 1. The molecule has 0 bridgehead atoms. The zero-order valence-electron chi connectivity index (χ0n) is 18.5. The van der Waals surface area contributed by atoms with Crippen LogP contribution in [0.5, 0.6) is 0 Å². The van der Waals surface area contributed by atoms with E-state index in [1.165, 1.54) is 4.31 Å². The van der Waals surface area contributed by atoms with Crippen molar-refractivity contribution in [3.63, 3.8) is 0 Å². The second-order valence-electron chi connectivity index (χ2n) is 8.14. The Kier molecular flexibility index (Phi) is 6.59. The van der Waals surface area contributed by atoms with E-state index in [9.17, 15) is 13.2 Å². The molecule has 1 aromatic carbocycles. The molecule has 0 unspecified atom stereocenters. The minimum absolute atomic E-state index is 0.154. The van der Waals surface area contributed by atoms with Crippen molar-refractivity contribution in [3.05, 3.63) is 54.2 Å². The minimum atomic E-state index is -3.61. The van der Waals surface area contributed by atoms with Crippen LogP contribution in [0.3, 0.4) is 0 Å². The lowest BCUT2D eigenvalue weighted by molar-refractivity contribution is -0.117. The molecule has 0 saturated carbocycles. The largest absolute Gasteiger partial charge is 0.355 e. The van der Waals surface area contributed by atoms with Gasteiger partial charge in [-0.05, 0) is 43.3 Å². The number of carbonyl (C=O) groups excluding carboxylic acids is 1. The number of hydrogen-bond donors (Lipinski definition) is 1. The van der Waals surface area contributed by atoms with Gasteiger partial charge >= 0.3 is 0 Å². The van der Waals surface area contributed by atoms with Gasteiger partial charge in [0.15, 0.2) is 0 Å². The van der Waals surface area contributed by atoms with Gasteiger partial charge in [0.05, 0.1) is 4.90 Å². The summed E-state index contributed by atoms with van der Waals surface area (Å²) in [7, 11) is 0.0877. The third-order valence-electron chi connectivity index (χ3n) is 6.09. The highest BCUT2D eigenvalue weighted by molar-refractivity contribution is 7.89. The van der Waals surface area contributed by atoms with Gasteiger partial charge < -0.3 is 15.1 Å². The van der Waals surface area contributed by atoms with E-state index in [4.69, 9.17) is 0 Å². The maximum Gasteiger partial charge on any atom is 0.246 e. The summed E-state index contributed by atoms with van der Waals surface area (Å²) >= 11 is 0. The van der Waals surface area contributed by atoms with Crippen LogP contribution in [-0.2, 0) is 14.8 Å². The molecular formula is C23H29N5O3S. The summed E-state index contributed by atoms with van der Waals surface area (Å²) in [5.41, 5.74) is 2.49. The predicted molar refractivity (Wildman–Crippen MR) is 125 cm³/mol. The Bertz CT molecular complexity index is 1090. The van der Waals surface area contributed by atoms with Gasteiger partial charge in [0.2, 0.25) is 15.9 Å². The Morgan fingerprint density at radius 2 is 1.66 bits per heavy atom. The number of piperazine rings is 1. The van der Waals surface area contributed by atoms with Crippen molar-refractivity contribution < 1.29 is 13.2 Å². The molecule has 170 valence electrons. The van der Waals surface area contributed by atoms with Gasteiger partial charge in [-0.3, -0.25) is 4.79 Å². The Hall–Kier alpha value is -2.75. The molecule has 1 aromatic heterocycles. The molecule has 0 aliphatic carbocycles. The summed E-state index contributed by atoms with van der Waals surface area (Å²) in [5.74, 6) is 0.814. The van der Waals surface area contributed by atoms with E-state index < -0.39 is 10.0 Å². The normalized spacial score (nSPS) is 18.3. The van der Waals surface area contributed by atoms with Crippen molar-refractivity contribution in [1.82, 2.24) is 19.5 Å². The van der Waals surface area contributed by atoms with E-state index in [1.54, 1.807) is 25.3 Å². The number of sulfonamides is 1. The summed E-state index contributed by atoms with van der Waals surface area (Å²) < 4.78 is 27.4. The highest BCUT2D eigenvalue weighted by atomic mass is 32.2. The van der Waals surface area contributed by atoms with Crippen LogP contribution < -0.4 is 10.2 Å². The van der Waals surface area contributed by atoms with E-state index in [0.29, 0.717) is 18.5 Å². The Balaban J connectivity index is 1.45. The lowest BCUT2D eigenvalue weighted by Gasteiger charge is -2.33. The van der Waals surface area contributed by atoms with Crippen molar-refractivity contribution in [1.29, 1.82) is 0 Å². The average Bonchev–Trinajstić information content (AvgIpc) is 2.84. The second-order valence-corrected chi connectivity index (χ2v) is 10.1. The topological polar surface area (TPSA) is 85.8 Å². The fourth-order valence-corrected chi connectivity index (χ4v) is 5.36. The van der Waals surface area contributed by atoms with Gasteiger partial charge in [0.1, 0.15) is 5.82 Å². The average molecular weight is 456 g/mol. The highest BCUT2D eigenvalue weighted by Crippen LogP contribution is 2.25. The van der Waals surface area contributed by atoms with E-state index in [-0.39, 0.29) is 17.3 Å². The fourth-order valence-electron chi connectivity index (χ4n) is 3.98. The first-order chi connectivity index (χ1) is 15.4. The number of nitrogens with one attached hydrogen (secondary N) is 1. The molecule has 2 aliphatic heterocycles. The zero-order chi connectivity index (χ0) is 22.7. The maximum absolute atomic E-state index is 13.0. The molecule has 0 atom stereocenters. The van der Waals surface area contributed by atoms with Gasteiger partial charge in [0.25, 0.3) is 0 Å². The predicted octanol–water partition coefficient (Wildman–Crippen LogP) is 1.57. The van der Waals surface area contributed by atoms with Crippen molar-refractivity contribution in [2.75, 3.05) is 58.3 Å². The SMILES string of the molecule is CNC(=O)C1=CCN(S(=O)(=O)c2ccc(-c3ccc(N4CCN(C)CC4)nc3)cc2)CC1. The lowest BCUT2D eigenvalue weighted by Crippen LogP contribution is -2.44. The van der Waals surface area contributed by atoms with E-state index in [0.717, 1.165) is 43.1 Å². The quantitative estimate of drug-likeness (QED) is 0.737. The molecule has 1 saturated heterocycles. The first-order valence-corrected chi connectivity index (χ1v) is 12.2. The van der Waals surface area contributed by atoms with Gasteiger partial charge in [0, 0.05) is 63.6 Å². The second kappa shape index (κ2) is 9.40. The standard InChI is InChI=1S/C23H29N5O3S/c1-24-23(29)19-9-11-28(12-10-19)32(30,31)21-6-3-18(4-7-21)20-5-8-22(25-17-20)27-15-13-26(2)14-16-27/h3-9,17H,10-16H2,1-2H3,(H,24,29). The number of likely N-dealkylation sites (N-methyl/N-ethyl adjacent to an activating group) is 2. The number of aromatic nitrogens is 1. The van der Waals surface area contributed by atoms with E-state index in [1.807, 2.05) is 30.5 Å². The van der Waals surface area contributed by atoms with Crippen LogP contribution in [-0.4, -0.2) is 81.9 Å². The monoisotopic (exact) mass is 455 g/mol. The molecule has 4 rings (SSSR count). The molecule has 8 nitrogen and oxygen atoms in total. The Morgan fingerprint density at radius 3 is 2.22 bits per heavy atom. The van der Waals surface area contributed by atoms with E-state index >= 15 is 0 Å². The molecule has 2 aromatic rings. The molecule has 32 heavy (non-hydrogen) atoms. The molecule has 9 heteroatoms. The third kappa shape index (κ3) is 4.69. The molecular weight excluding hydrogens is 426 g/mol. The van der Waals surface area contributed by atoms with Crippen molar-refractivity contribution in [2.45, 2.75) is 11.3 Å². The fraction of sp³-hybridized carbons (Fsp3) is 0.391. The van der Waals surface area contributed by atoms with Crippen LogP contribution in [0.25, 0.3) is 11.1 Å². The van der Waals surface area contributed by atoms with Crippen molar-refractivity contribution in [3.8, 4) is 11.1 Å². The number of carbonyl (C=O) groups is 1. The van der Waals surface area contributed by atoms with Gasteiger partial charge in [-0.2, -0.15) is 4.31 Å². The molecule has 1 N–H and O–H groups in total. The lowest BCUT2D eigenvalue weighted by atomic mass is 10.1. The maximum atomic E-state index is 13.0. The number of rotatable bonds is 5. The van der Waals surface area contributed by atoms with Crippen LogP contribution in [0.4, 0.5) is 5.82 Å². The Labute approximate surface area is 189 Å². The van der Waals surface area contributed by atoms with Crippen LogP contribution in [0.1, 0.15) is 6.42 Å². The first-order valence-electron chi connectivity index (χ1n) is 10.8. The molecule has 1 amide bonds. The number of hydrogen-bond acceptors (Lipinski definition) is 6. The first kappa shape index (κ1) is 22.4. The molecule has 0 spiro atoms. The Morgan fingerprint density at radius 1 is 0.969 bits per heavy atom. The number of anilines is 1.